The number of ether oxygens (including phenoxy) is 2. The molecule has 0 unspecified atom stereocenters. The Bertz CT molecular complexity index is 756. The molecule has 120 valence electrons. The van der Waals surface area contributed by atoms with Crippen LogP contribution in [0.1, 0.15) is 15.9 Å². The van der Waals surface area contributed by atoms with Crippen molar-refractivity contribution in [1.82, 2.24) is 0 Å². The molecule has 7 heteroatoms. The largest absolute Gasteiger partial charge is 0.502 e. The van der Waals surface area contributed by atoms with E-state index in [2.05, 4.69) is 0 Å². The summed E-state index contributed by atoms with van der Waals surface area (Å²) in [6.07, 6.45) is -0.0518. The monoisotopic (exact) mass is 317 g/mol. The lowest BCUT2D eigenvalue weighted by Crippen LogP contribution is -2.06. The van der Waals surface area contributed by atoms with Crippen molar-refractivity contribution in [2.24, 2.45) is 0 Å². The predicted molar refractivity (Wildman–Crippen MR) is 82.3 cm³/mol. The molecule has 2 aromatic rings. The smallest absolute Gasteiger partial charge is 0.310 e. The van der Waals surface area contributed by atoms with Gasteiger partial charge in [-0.25, -0.2) is 0 Å². The molecule has 0 saturated carbocycles. The van der Waals surface area contributed by atoms with Crippen LogP contribution >= 0.6 is 0 Å². The molecule has 0 radical (unpaired) electrons. The number of methoxy groups -OCH3 is 2. The summed E-state index contributed by atoms with van der Waals surface area (Å²) in [4.78, 5) is 22.5. The van der Waals surface area contributed by atoms with E-state index in [1.54, 1.807) is 18.2 Å². The summed E-state index contributed by atoms with van der Waals surface area (Å²) < 4.78 is 10.2. The van der Waals surface area contributed by atoms with E-state index in [1.807, 2.05) is 0 Å². The van der Waals surface area contributed by atoms with Gasteiger partial charge in [-0.3, -0.25) is 14.9 Å². The first-order chi connectivity index (χ1) is 11.0. The Morgan fingerprint density at radius 2 is 1.91 bits per heavy atom. The van der Waals surface area contributed by atoms with Crippen molar-refractivity contribution < 1.29 is 24.3 Å². The predicted octanol–water partition coefficient (Wildman–Crippen LogP) is 2.74. The van der Waals surface area contributed by atoms with Crippen LogP contribution in [0.2, 0.25) is 0 Å². The molecule has 0 bridgehead atoms. The van der Waals surface area contributed by atoms with Crippen LogP contribution in [0.15, 0.2) is 36.4 Å². The van der Waals surface area contributed by atoms with Crippen molar-refractivity contribution in [2.75, 3.05) is 14.2 Å². The van der Waals surface area contributed by atoms with Crippen LogP contribution in [0.25, 0.3) is 0 Å². The number of nitro benzene ring substituents is 1. The van der Waals surface area contributed by atoms with Gasteiger partial charge >= 0.3 is 5.69 Å². The average molecular weight is 317 g/mol. The Hall–Kier alpha value is -3.09. The van der Waals surface area contributed by atoms with E-state index >= 15 is 0 Å². The zero-order valence-electron chi connectivity index (χ0n) is 12.6. The molecule has 0 spiro atoms. The third kappa shape index (κ3) is 3.57. The van der Waals surface area contributed by atoms with E-state index in [4.69, 9.17) is 9.47 Å². The Morgan fingerprint density at radius 1 is 1.17 bits per heavy atom. The number of rotatable bonds is 6. The van der Waals surface area contributed by atoms with Gasteiger partial charge in [-0.15, -0.1) is 0 Å². The normalized spacial score (nSPS) is 10.2. The fourth-order valence-electron chi connectivity index (χ4n) is 2.13. The summed E-state index contributed by atoms with van der Waals surface area (Å²) in [6.45, 7) is 0. The molecule has 0 heterocycles. The maximum atomic E-state index is 12.4. The first-order valence-corrected chi connectivity index (χ1v) is 6.67. The van der Waals surface area contributed by atoms with E-state index in [0.29, 0.717) is 22.6 Å². The Kier molecular flexibility index (Phi) is 4.80. The molecular weight excluding hydrogens is 302 g/mol. The van der Waals surface area contributed by atoms with Gasteiger partial charge in [-0.1, -0.05) is 6.07 Å². The quantitative estimate of drug-likeness (QED) is 0.499. The molecule has 0 fully saturated rings. The number of carbonyl (C=O) groups excluding carboxylic acids is 1. The minimum Gasteiger partial charge on any atom is -0.502 e. The van der Waals surface area contributed by atoms with Crippen LogP contribution < -0.4 is 9.47 Å². The van der Waals surface area contributed by atoms with Gasteiger partial charge in [-0.2, -0.15) is 0 Å². The number of benzene rings is 2. The van der Waals surface area contributed by atoms with Gasteiger partial charge in [0.1, 0.15) is 11.5 Å². The second-order valence-electron chi connectivity index (χ2n) is 4.75. The van der Waals surface area contributed by atoms with Crippen molar-refractivity contribution in [2.45, 2.75) is 6.42 Å². The molecule has 0 aliphatic carbocycles. The maximum absolute atomic E-state index is 12.4. The molecule has 23 heavy (non-hydrogen) atoms. The second kappa shape index (κ2) is 6.78. The van der Waals surface area contributed by atoms with E-state index < -0.39 is 16.4 Å². The third-order valence-corrected chi connectivity index (χ3v) is 3.31. The summed E-state index contributed by atoms with van der Waals surface area (Å²) in [5.74, 6) is 0.221. The highest BCUT2D eigenvalue weighted by Gasteiger charge is 2.18. The number of nitro groups is 1. The summed E-state index contributed by atoms with van der Waals surface area (Å²) in [6, 6.07) is 8.65. The zero-order chi connectivity index (χ0) is 17.0. The number of hydrogen-bond donors (Lipinski definition) is 1. The van der Waals surface area contributed by atoms with Crippen LogP contribution in [0.4, 0.5) is 5.69 Å². The van der Waals surface area contributed by atoms with Gasteiger partial charge < -0.3 is 14.6 Å². The fraction of sp³-hybridized carbons (Fsp3) is 0.188. The van der Waals surface area contributed by atoms with Gasteiger partial charge in [0.15, 0.2) is 11.5 Å². The van der Waals surface area contributed by atoms with Crippen LogP contribution in [-0.2, 0) is 6.42 Å². The van der Waals surface area contributed by atoms with Gasteiger partial charge in [-0.05, 0) is 23.8 Å². The standard InChI is InChI=1S/C16H15NO6/c1-22-11-4-5-12(16(9-11)23-2)15(19)8-10-3-6-14(18)13(7-10)17(20)21/h3-7,9,18H,8H2,1-2H3. The highest BCUT2D eigenvalue weighted by Crippen LogP contribution is 2.29. The number of hydrogen-bond acceptors (Lipinski definition) is 6. The van der Waals surface area contributed by atoms with Crippen LogP contribution in [-0.4, -0.2) is 30.0 Å². The van der Waals surface area contributed by atoms with Crippen molar-refractivity contribution >= 4 is 11.5 Å². The van der Waals surface area contributed by atoms with Gasteiger partial charge in [0.05, 0.1) is 24.7 Å². The molecule has 0 atom stereocenters. The number of phenols is 1. The van der Waals surface area contributed by atoms with E-state index in [9.17, 15) is 20.0 Å². The Morgan fingerprint density at radius 3 is 2.52 bits per heavy atom. The first kappa shape index (κ1) is 16.3. The van der Waals surface area contributed by atoms with E-state index in [-0.39, 0.29) is 12.2 Å². The maximum Gasteiger partial charge on any atom is 0.310 e. The molecule has 7 nitrogen and oxygen atoms in total. The molecule has 1 N–H and O–H groups in total. The Labute approximate surface area is 132 Å². The number of aromatic hydroxyl groups is 1. The fourth-order valence-corrected chi connectivity index (χ4v) is 2.13. The lowest BCUT2D eigenvalue weighted by atomic mass is 10.0. The molecular formula is C16H15NO6. The molecule has 2 aromatic carbocycles. The van der Waals surface area contributed by atoms with Crippen molar-refractivity contribution in [1.29, 1.82) is 0 Å². The van der Waals surface area contributed by atoms with Gasteiger partial charge in [0, 0.05) is 18.6 Å². The van der Waals surface area contributed by atoms with Crippen LogP contribution in [0.5, 0.6) is 17.2 Å². The lowest BCUT2D eigenvalue weighted by Gasteiger charge is -2.09. The molecule has 0 amide bonds. The summed E-state index contributed by atoms with van der Waals surface area (Å²) in [5.41, 5.74) is 0.346. The van der Waals surface area contributed by atoms with Crippen molar-refractivity contribution in [3.8, 4) is 17.2 Å². The zero-order valence-corrected chi connectivity index (χ0v) is 12.6. The first-order valence-electron chi connectivity index (χ1n) is 6.67. The minimum absolute atomic E-state index is 0.0518. The van der Waals surface area contributed by atoms with Gasteiger partial charge in [0.2, 0.25) is 0 Å². The molecule has 0 aromatic heterocycles. The third-order valence-electron chi connectivity index (χ3n) is 3.31. The number of Topliss-reactive ketones (excluding diaryl/α,β-unsaturated/α-hetero) is 1. The topological polar surface area (TPSA) is 98.9 Å². The number of carbonyl (C=O) groups is 1. The summed E-state index contributed by atoms with van der Waals surface area (Å²) in [7, 11) is 2.95. The average Bonchev–Trinajstić information content (AvgIpc) is 2.55. The minimum atomic E-state index is -0.697. The lowest BCUT2D eigenvalue weighted by molar-refractivity contribution is -0.385. The molecule has 0 aliphatic rings. The SMILES string of the molecule is COc1ccc(C(=O)Cc2ccc(O)c([N+](=O)[O-])c2)c(OC)c1. The van der Waals surface area contributed by atoms with E-state index in [1.165, 1.54) is 32.4 Å². The molecule has 0 aliphatic heterocycles. The summed E-state index contributed by atoms with van der Waals surface area (Å²) in [5, 5.41) is 20.3. The highest BCUT2D eigenvalue weighted by molar-refractivity contribution is 6.00. The number of phenolic OH excluding ortho intramolecular Hbond substituents is 1. The highest BCUT2D eigenvalue weighted by atomic mass is 16.6. The van der Waals surface area contributed by atoms with Crippen molar-refractivity contribution in [3.63, 3.8) is 0 Å². The number of nitrogens with zero attached hydrogens (tertiary/aromatic N) is 1. The Balaban J connectivity index is 2.29. The summed E-state index contributed by atoms with van der Waals surface area (Å²) >= 11 is 0. The molecule has 2 rings (SSSR count). The number of ketones is 1. The van der Waals surface area contributed by atoms with E-state index in [0.717, 1.165) is 0 Å². The van der Waals surface area contributed by atoms with Gasteiger partial charge in [0.25, 0.3) is 0 Å². The molecule has 0 saturated heterocycles. The second-order valence-corrected chi connectivity index (χ2v) is 4.75. The van der Waals surface area contributed by atoms with Crippen LogP contribution in [0.3, 0.4) is 0 Å². The van der Waals surface area contributed by atoms with Crippen molar-refractivity contribution in [3.05, 3.63) is 57.6 Å². The van der Waals surface area contributed by atoms with Crippen LogP contribution in [0, 0.1) is 10.1 Å².